The number of piperidine rings is 1. The van der Waals surface area contributed by atoms with E-state index < -0.39 is 19.2 Å². The van der Waals surface area contributed by atoms with Crippen LogP contribution in [0, 0.1) is 5.92 Å². The molecule has 2 aromatic rings. The highest BCUT2D eigenvalue weighted by molar-refractivity contribution is 7.51. The molecular formula is C18H26N5O6P. The van der Waals surface area contributed by atoms with Crippen LogP contribution in [-0.2, 0) is 4.57 Å². The summed E-state index contributed by atoms with van der Waals surface area (Å²) >= 11 is 0. The molecular weight excluding hydrogens is 413 g/mol. The predicted octanol–water partition coefficient (Wildman–Crippen LogP) is 1.11. The average Bonchev–Trinajstić information content (AvgIpc) is 2.71. The molecule has 0 aliphatic carbocycles. The Morgan fingerprint density at radius 1 is 1.33 bits per heavy atom. The smallest absolute Gasteiger partial charge is 0.347 e. The predicted molar refractivity (Wildman–Crippen MR) is 111 cm³/mol. The minimum absolute atomic E-state index is 0.0939. The summed E-state index contributed by atoms with van der Waals surface area (Å²) in [5.74, 6) is 1.01. The first-order valence-corrected chi connectivity index (χ1v) is 11.4. The Labute approximate surface area is 173 Å². The Bertz CT molecular complexity index is 1040. The highest BCUT2D eigenvalue weighted by atomic mass is 31.2. The zero-order valence-electron chi connectivity index (χ0n) is 17.2. The van der Waals surface area contributed by atoms with Gasteiger partial charge in [-0.25, -0.2) is 4.79 Å². The molecule has 0 aromatic carbocycles. The first kappa shape index (κ1) is 22.2. The van der Waals surface area contributed by atoms with E-state index in [0.29, 0.717) is 30.7 Å². The monoisotopic (exact) mass is 439 g/mol. The van der Waals surface area contributed by atoms with E-state index in [1.165, 1.54) is 32.3 Å². The Morgan fingerprint density at radius 2 is 2.00 bits per heavy atom. The van der Waals surface area contributed by atoms with Crippen molar-refractivity contribution in [2.24, 2.45) is 5.92 Å². The molecule has 3 rings (SSSR count). The Kier molecular flexibility index (Phi) is 6.44. The number of hydrogen-bond donors (Lipinski definition) is 2. The van der Waals surface area contributed by atoms with Crippen molar-refractivity contribution in [2.45, 2.75) is 19.3 Å². The number of nitrogens with zero attached hydrogens (tertiary/aromatic N) is 5. The quantitative estimate of drug-likeness (QED) is 0.656. The molecule has 0 unspecified atom stereocenters. The van der Waals surface area contributed by atoms with Gasteiger partial charge in [0.2, 0.25) is 5.88 Å². The molecule has 0 bridgehead atoms. The summed E-state index contributed by atoms with van der Waals surface area (Å²) < 4.78 is 17.2. The maximum atomic E-state index is 12.8. The van der Waals surface area contributed by atoms with E-state index in [4.69, 9.17) is 14.5 Å². The van der Waals surface area contributed by atoms with Gasteiger partial charge in [0.05, 0.1) is 19.5 Å². The highest BCUT2D eigenvalue weighted by Crippen LogP contribution is 2.38. The third-order valence-corrected chi connectivity index (χ3v) is 6.09. The lowest BCUT2D eigenvalue weighted by Gasteiger charge is -2.33. The van der Waals surface area contributed by atoms with E-state index >= 15 is 0 Å². The molecule has 1 aliphatic heterocycles. The number of aromatic nitrogens is 3. The van der Waals surface area contributed by atoms with E-state index in [2.05, 4.69) is 10.1 Å². The van der Waals surface area contributed by atoms with Crippen LogP contribution in [0.5, 0.6) is 5.88 Å². The van der Waals surface area contributed by atoms with Gasteiger partial charge in [-0.05, 0) is 31.2 Å². The third kappa shape index (κ3) is 4.80. The molecule has 0 atom stereocenters. The average molecular weight is 439 g/mol. The topological polar surface area (TPSA) is 138 Å². The largest absolute Gasteiger partial charge is 0.480 e. The van der Waals surface area contributed by atoms with Crippen molar-refractivity contribution in [1.82, 2.24) is 19.7 Å². The summed E-state index contributed by atoms with van der Waals surface area (Å²) in [4.78, 5) is 50.9. The summed E-state index contributed by atoms with van der Waals surface area (Å²) in [6.45, 7) is 1.36. The van der Waals surface area contributed by atoms with Crippen LogP contribution in [0.25, 0.3) is 10.8 Å². The number of carbonyl (C=O) groups excluding carboxylic acids is 1. The van der Waals surface area contributed by atoms with Crippen molar-refractivity contribution >= 4 is 30.2 Å². The first-order chi connectivity index (χ1) is 14.1. The maximum Gasteiger partial charge on any atom is 0.347 e. The normalized spacial score (nSPS) is 15.4. The van der Waals surface area contributed by atoms with Gasteiger partial charge in [0.1, 0.15) is 11.2 Å². The number of fused-ring (bicyclic) bond motifs is 1. The van der Waals surface area contributed by atoms with Gasteiger partial charge in [-0.1, -0.05) is 0 Å². The number of ether oxygens (including phenoxy) is 1. The molecule has 3 heterocycles. The fourth-order valence-corrected chi connectivity index (χ4v) is 4.26. The molecule has 1 aliphatic rings. The number of rotatable bonds is 5. The lowest BCUT2D eigenvalue weighted by Crippen LogP contribution is -2.37. The van der Waals surface area contributed by atoms with E-state index in [1.807, 2.05) is 4.90 Å². The van der Waals surface area contributed by atoms with E-state index in [0.717, 1.165) is 17.5 Å². The van der Waals surface area contributed by atoms with E-state index in [-0.39, 0.29) is 23.3 Å². The van der Waals surface area contributed by atoms with Gasteiger partial charge in [0, 0.05) is 32.6 Å². The van der Waals surface area contributed by atoms with Crippen molar-refractivity contribution < 1.29 is 23.9 Å². The fourth-order valence-electron chi connectivity index (χ4n) is 3.56. The van der Waals surface area contributed by atoms with Gasteiger partial charge >= 0.3 is 13.6 Å². The molecule has 164 valence electrons. The number of amides is 1. The van der Waals surface area contributed by atoms with Crippen LogP contribution in [0.3, 0.4) is 0 Å². The highest BCUT2D eigenvalue weighted by Gasteiger charge is 2.25. The van der Waals surface area contributed by atoms with Gasteiger partial charge in [-0.3, -0.25) is 9.36 Å². The van der Waals surface area contributed by atoms with E-state index in [1.54, 1.807) is 6.07 Å². The first-order valence-electron chi connectivity index (χ1n) is 9.59. The second-order valence-electron chi connectivity index (χ2n) is 7.60. The number of carbonyl (C=O) groups is 1. The van der Waals surface area contributed by atoms with Gasteiger partial charge < -0.3 is 24.3 Å². The van der Waals surface area contributed by atoms with Crippen LogP contribution in [0.15, 0.2) is 17.1 Å². The number of methoxy groups -OCH3 is 1. The zero-order valence-corrected chi connectivity index (χ0v) is 18.1. The molecule has 0 spiro atoms. The summed E-state index contributed by atoms with van der Waals surface area (Å²) in [7, 11) is 0.501. The molecule has 0 radical (unpaired) electrons. The van der Waals surface area contributed by atoms with Crippen molar-refractivity contribution in [3.8, 4) is 5.88 Å². The van der Waals surface area contributed by atoms with Crippen LogP contribution < -0.4 is 15.2 Å². The molecule has 2 aromatic heterocycles. The second kappa shape index (κ2) is 8.71. The van der Waals surface area contributed by atoms with Crippen molar-refractivity contribution in [3.05, 3.63) is 22.6 Å². The molecule has 30 heavy (non-hydrogen) atoms. The van der Waals surface area contributed by atoms with Crippen LogP contribution in [-0.4, -0.2) is 75.9 Å². The molecule has 0 saturated carbocycles. The molecule has 1 fully saturated rings. The molecule has 11 nitrogen and oxygen atoms in total. The number of pyridine rings is 1. The minimum Gasteiger partial charge on any atom is -0.480 e. The van der Waals surface area contributed by atoms with Crippen LogP contribution >= 0.6 is 7.60 Å². The van der Waals surface area contributed by atoms with Gasteiger partial charge in [-0.15, -0.1) is 4.68 Å². The Hall–Kier alpha value is -2.49. The number of hydrogen-bond acceptors (Lipinski definition) is 7. The summed E-state index contributed by atoms with van der Waals surface area (Å²) in [6.07, 6.45) is 3.43. The fraction of sp³-hybridized carbons (Fsp3) is 0.556. The Morgan fingerprint density at radius 3 is 2.57 bits per heavy atom. The summed E-state index contributed by atoms with van der Waals surface area (Å²) in [5, 5.41) is 4.69. The lowest BCUT2D eigenvalue weighted by molar-refractivity contribution is 0.214. The van der Waals surface area contributed by atoms with Crippen molar-refractivity contribution in [1.29, 1.82) is 0 Å². The standard InChI is InChI=1S/C18H26N5O6P/c1-21(2)18(25)23-17(24)15-13(11-19-23)10-14(20-16(15)29-3)22-7-4-12(5-8-22)6-9-30(26,27)28/h10-12H,4-9H2,1-3H3,(H2,26,27,28). The van der Waals surface area contributed by atoms with Gasteiger partial charge in [0.25, 0.3) is 5.56 Å². The van der Waals surface area contributed by atoms with Gasteiger partial charge in [0.15, 0.2) is 0 Å². The van der Waals surface area contributed by atoms with Crippen LogP contribution in [0.4, 0.5) is 10.6 Å². The third-order valence-electron chi connectivity index (χ3n) is 5.25. The summed E-state index contributed by atoms with van der Waals surface area (Å²) in [6, 6.07) is 1.18. The maximum absolute atomic E-state index is 12.8. The molecule has 2 N–H and O–H groups in total. The molecule has 1 saturated heterocycles. The molecule has 12 heteroatoms. The van der Waals surface area contributed by atoms with Crippen LogP contribution in [0.2, 0.25) is 0 Å². The SMILES string of the molecule is COc1nc(N2CCC(CCP(=O)(O)O)CC2)cc2cnn(C(=O)N(C)C)c(=O)c12. The second-order valence-corrected chi connectivity index (χ2v) is 9.38. The van der Waals surface area contributed by atoms with Crippen LogP contribution in [0.1, 0.15) is 19.3 Å². The zero-order chi connectivity index (χ0) is 22.1. The molecule has 1 amide bonds. The number of anilines is 1. The minimum atomic E-state index is -3.97. The van der Waals surface area contributed by atoms with Crippen molar-refractivity contribution in [2.75, 3.05) is 45.4 Å². The van der Waals surface area contributed by atoms with E-state index in [9.17, 15) is 14.2 Å². The Balaban J connectivity index is 1.85. The lowest BCUT2D eigenvalue weighted by atomic mass is 9.94. The van der Waals surface area contributed by atoms with Crippen molar-refractivity contribution in [3.63, 3.8) is 0 Å². The van der Waals surface area contributed by atoms with Gasteiger partial charge in [-0.2, -0.15) is 10.1 Å². The summed E-state index contributed by atoms with van der Waals surface area (Å²) in [5.41, 5.74) is -0.599.